The molecule has 3 rings (SSSR count). The summed E-state index contributed by atoms with van der Waals surface area (Å²) in [6, 6.07) is 10.5. The monoisotopic (exact) mass is 289 g/mol. The third-order valence-corrected chi connectivity index (χ3v) is 4.89. The standard InChI is InChI=1S/C17H23NO3/c19-16(20)7-6-15(14-4-2-1-3-5-14)18-12-17(13-18)8-10-21-11-9-17/h1-5,15H,6-13H2,(H,19,20). The van der Waals surface area contributed by atoms with Crippen molar-refractivity contribution in [3.8, 4) is 0 Å². The maximum absolute atomic E-state index is 10.9. The summed E-state index contributed by atoms with van der Waals surface area (Å²) in [5.74, 6) is -0.711. The summed E-state index contributed by atoms with van der Waals surface area (Å²) in [7, 11) is 0. The number of nitrogens with zero attached hydrogens (tertiary/aromatic N) is 1. The first-order chi connectivity index (χ1) is 10.2. The number of likely N-dealkylation sites (tertiary alicyclic amines) is 1. The highest BCUT2D eigenvalue weighted by Crippen LogP contribution is 2.44. The van der Waals surface area contributed by atoms with Crippen molar-refractivity contribution in [3.05, 3.63) is 35.9 Å². The van der Waals surface area contributed by atoms with Gasteiger partial charge in [0.2, 0.25) is 0 Å². The van der Waals surface area contributed by atoms with Crippen LogP contribution in [-0.2, 0) is 9.53 Å². The van der Waals surface area contributed by atoms with Crippen LogP contribution in [0.25, 0.3) is 0 Å². The number of ether oxygens (including phenoxy) is 1. The number of rotatable bonds is 5. The van der Waals surface area contributed by atoms with Gasteiger partial charge in [0, 0.05) is 44.2 Å². The Balaban J connectivity index is 1.67. The fourth-order valence-electron chi connectivity index (χ4n) is 3.65. The van der Waals surface area contributed by atoms with Gasteiger partial charge < -0.3 is 9.84 Å². The minimum Gasteiger partial charge on any atom is -0.481 e. The van der Waals surface area contributed by atoms with Crippen LogP contribution >= 0.6 is 0 Å². The maximum atomic E-state index is 10.9. The zero-order valence-corrected chi connectivity index (χ0v) is 12.3. The molecule has 2 fully saturated rings. The molecule has 0 radical (unpaired) electrons. The van der Waals surface area contributed by atoms with E-state index in [0.717, 1.165) is 39.1 Å². The molecular formula is C17H23NO3. The van der Waals surface area contributed by atoms with Crippen molar-refractivity contribution in [1.29, 1.82) is 0 Å². The lowest BCUT2D eigenvalue weighted by atomic mass is 9.72. The van der Waals surface area contributed by atoms with Crippen molar-refractivity contribution in [1.82, 2.24) is 4.90 Å². The van der Waals surface area contributed by atoms with Gasteiger partial charge in [-0.25, -0.2) is 0 Å². The first kappa shape index (κ1) is 14.5. The number of hydrogen-bond donors (Lipinski definition) is 1. The van der Waals surface area contributed by atoms with Crippen LogP contribution in [0.4, 0.5) is 0 Å². The Kier molecular flexibility index (Phi) is 4.27. The lowest BCUT2D eigenvalue weighted by Crippen LogP contribution is -2.59. The van der Waals surface area contributed by atoms with E-state index >= 15 is 0 Å². The van der Waals surface area contributed by atoms with Crippen LogP contribution in [0.2, 0.25) is 0 Å². The number of carboxylic acid groups (broad SMARTS) is 1. The zero-order chi connectivity index (χ0) is 14.7. The predicted octanol–water partition coefficient (Wildman–Crippen LogP) is 2.70. The lowest BCUT2D eigenvalue weighted by molar-refractivity contribution is -0.138. The highest BCUT2D eigenvalue weighted by Gasteiger charge is 2.46. The molecule has 0 aromatic heterocycles. The largest absolute Gasteiger partial charge is 0.481 e. The van der Waals surface area contributed by atoms with Gasteiger partial charge in [-0.15, -0.1) is 0 Å². The van der Waals surface area contributed by atoms with Gasteiger partial charge in [-0.1, -0.05) is 30.3 Å². The van der Waals surface area contributed by atoms with Crippen LogP contribution < -0.4 is 0 Å². The zero-order valence-electron chi connectivity index (χ0n) is 12.3. The number of hydrogen-bond acceptors (Lipinski definition) is 3. The van der Waals surface area contributed by atoms with Gasteiger partial charge in [0.1, 0.15) is 0 Å². The SMILES string of the molecule is O=C(O)CCC(c1ccccc1)N1CC2(CCOCC2)C1. The molecule has 1 atom stereocenters. The summed E-state index contributed by atoms with van der Waals surface area (Å²) in [6.45, 7) is 3.91. The molecular weight excluding hydrogens is 266 g/mol. The molecule has 0 bridgehead atoms. The summed E-state index contributed by atoms with van der Waals surface area (Å²) in [6.07, 6.45) is 3.20. The second kappa shape index (κ2) is 6.16. The van der Waals surface area contributed by atoms with Crippen molar-refractivity contribution in [2.45, 2.75) is 31.7 Å². The Morgan fingerprint density at radius 3 is 2.52 bits per heavy atom. The summed E-state index contributed by atoms with van der Waals surface area (Å²) >= 11 is 0. The van der Waals surface area contributed by atoms with E-state index in [0.29, 0.717) is 11.8 Å². The summed E-state index contributed by atoms with van der Waals surface area (Å²) in [5.41, 5.74) is 1.66. The topological polar surface area (TPSA) is 49.8 Å². The van der Waals surface area contributed by atoms with E-state index in [-0.39, 0.29) is 12.5 Å². The molecule has 4 heteroatoms. The van der Waals surface area contributed by atoms with Gasteiger partial charge in [0.25, 0.3) is 0 Å². The quantitative estimate of drug-likeness (QED) is 0.905. The Morgan fingerprint density at radius 2 is 1.90 bits per heavy atom. The molecule has 2 heterocycles. The molecule has 2 aliphatic heterocycles. The van der Waals surface area contributed by atoms with Crippen LogP contribution in [0.1, 0.15) is 37.3 Å². The van der Waals surface area contributed by atoms with E-state index in [2.05, 4.69) is 17.0 Å². The lowest BCUT2D eigenvalue weighted by Gasteiger charge is -2.55. The van der Waals surface area contributed by atoms with Crippen LogP contribution in [0.5, 0.6) is 0 Å². The van der Waals surface area contributed by atoms with Crippen molar-refractivity contribution in [2.24, 2.45) is 5.41 Å². The number of aliphatic carboxylic acids is 1. The third kappa shape index (κ3) is 3.27. The van der Waals surface area contributed by atoms with Gasteiger partial charge in [0.15, 0.2) is 0 Å². The van der Waals surface area contributed by atoms with Crippen LogP contribution in [0.15, 0.2) is 30.3 Å². The van der Waals surface area contributed by atoms with Crippen LogP contribution in [0.3, 0.4) is 0 Å². The average molecular weight is 289 g/mol. The Bertz CT molecular complexity index is 474. The van der Waals surface area contributed by atoms with Gasteiger partial charge >= 0.3 is 5.97 Å². The fourth-order valence-corrected chi connectivity index (χ4v) is 3.65. The van der Waals surface area contributed by atoms with Crippen molar-refractivity contribution in [3.63, 3.8) is 0 Å². The molecule has 114 valence electrons. The molecule has 0 amide bonds. The van der Waals surface area contributed by atoms with Crippen molar-refractivity contribution >= 4 is 5.97 Å². The summed E-state index contributed by atoms with van der Waals surface area (Å²) in [4.78, 5) is 13.4. The molecule has 4 nitrogen and oxygen atoms in total. The molecule has 1 spiro atoms. The molecule has 2 aliphatic rings. The Morgan fingerprint density at radius 1 is 1.24 bits per heavy atom. The van der Waals surface area contributed by atoms with Crippen LogP contribution in [0, 0.1) is 5.41 Å². The first-order valence-corrected chi connectivity index (χ1v) is 7.77. The highest BCUT2D eigenvalue weighted by atomic mass is 16.5. The maximum Gasteiger partial charge on any atom is 0.303 e. The van der Waals surface area contributed by atoms with E-state index in [1.165, 1.54) is 5.56 Å². The van der Waals surface area contributed by atoms with E-state index in [4.69, 9.17) is 9.84 Å². The fraction of sp³-hybridized carbons (Fsp3) is 0.588. The normalized spacial score (nSPS) is 22.7. The third-order valence-electron chi connectivity index (χ3n) is 4.89. The Labute approximate surface area is 125 Å². The van der Waals surface area contributed by atoms with E-state index in [1.54, 1.807) is 0 Å². The van der Waals surface area contributed by atoms with Gasteiger partial charge in [-0.05, 0) is 24.8 Å². The molecule has 1 aromatic carbocycles. The minimum absolute atomic E-state index is 0.228. The molecule has 0 aliphatic carbocycles. The highest BCUT2D eigenvalue weighted by molar-refractivity contribution is 5.66. The van der Waals surface area contributed by atoms with E-state index < -0.39 is 5.97 Å². The van der Waals surface area contributed by atoms with Gasteiger partial charge in [-0.2, -0.15) is 0 Å². The molecule has 2 saturated heterocycles. The first-order valence-electron chi connectivity index (χ1n) is 7.77. The van der Waals surface area contributed by atoms with E-state index in [1.807, 2.05) is 18.2 Å². The van der Waals surface area contributed by atoms with Crippen LogP contribution in [-0.4, -0.2) is 42.3 Å². The summed E-state index contributed by atoms with van der Waals surface area (Å²) < 4.78 is 5.46. The second-order valence-corrected chi connectivity index (χ2v) is 6.38. The minimum atomic E-state index is -0.711. The average Bonchev–Trinajstić information content (AvgIpc) is 2.47. The van der Waals surface area contributed by atoms with Gasteiger partial charge in [-0.3, -0.25) is 9.69 Å². The van der Waals surface area contributed by atoms with Crippen molar-refractivity contribution < 1.29 is 14.6 Å². The van der Waals surface area contributed by atoms with Gasteiger partial charge in [0.05, 0.1) is 0 Å². The molecule has 1 N–H and O–H groups in total. The molecule has 1 aromatic rings. The van der Waals surface area contributed by atoms with Crippen molar-refractivity contribution in [2.75, 3.05) is 26.3 Å². The second-order valence-electron chi connectivity index (χ2n) is 6.38. The number of benzene rings is 1. The molecule has 0 saturated carbocycles. The predicted molar refractivity (Wildman–Crippen MR) is 80.1 cm³/mol. The number of carbonyl (C=O) groups is 1. The smallest absolute Gasteiger partial charge is 0.303 e. The number of carboxylic acids is 1. The molecule has 1 unspecified atom stereocenters. The summed E-state index contributed by atoms with van der Waals surface area (Å²) in [5, 5.41) is 8.99. The molecule has 21 heavy (non-hydrogen) atoms. The van der Waals surface area contributed by atoms with E-state index in [9.17, 15) is 4.79 Å². The Hall–Kier alpha value is -1.39.